The van der Waals surface area contributed by atoms with Crippen molar-refractivity contribution in [3.05, 3.63) is 77.1 Å². The summed E-state index contributed by atoms with van der Waals surface area (Å²) in [4.78, 5) is 16.7. The number of rotatable bonds is 7. The van der Waals surface area contributed by atoms with Gasteiger partial charge in [0.2, 0.25) is 5.91 Å². The lowest BCUT2D eigenvalue weighted by molar-refractivity contribution is -0.116. The largest absolute Gasteiger partial charge is 0.494 e. The number of amides is 1. The van der Waals surface area contributed by atoms with Gasteiger partial charge >= 0.3 is 0 Å². The van der Waals surface area contributed by atoms with Crippen LogP contribution in [0.2, 0.25) is 0 Å². The molecule has 0 bridgehead atoms. The summed E-state index contributed by atoms with van der Waals surface area (Å²) >= 11 is 1.63. The maximum absolute atomic E-state index is 12.2. The van der Waals surface area contributed by atoms with E-state index in [1.165, 1.54) is 5.39 Å². The molecule has 4 rings (SSSR count). The lowest BCUT2D eigenvalue weighted by atomic mass is 10.1. The minimum absolute atomic E-state index is 0.00985. The van der Waals surface area contributed by atoms with Crippen molar-refractivity contribution < 1.29 is 9.53 Å². The Bertz CT molecular complexity index is 1120. The number of anilines is 1. The summed E-state index contributed by atoms with van der Waals surface area (Å²) in [6, 6.07) is 22.0. The van der Waals surface area contributed by atoms with Gasteiger partial charge in [0.25, 0.3) is 0 Å². The van der Waals surface area contributed by atoms with E-state index in [1.54, 1.807) is 11.3 Å². The van der Waals surface area contributed by atoms with Crippen molar-refractivity contribution in [1.82, 2.24) is 4.98 Å². The van der Waals surface area contributed by atoms with Gasteiger partial charge < -0.3 is 10.1 Å². The van der Waals surface area contributed by atoms with Crippen LogP contribution in [-0.4, -0.2) is 17.5 Å². The number of nitrogens with one attached hydrogen (secondary N) is 1. The Balaban J connectivity index is 1.23. The Hall–Kier alpha value is -3.18. The SMILES string of the molecule is Cc1nc(-c2ccc(NC(=O)CCCOc3ccc4ccccc4c3)cc2)cs1. The van der Waals surface area contributed by atoms with Gasteiger partial charge in [-0.1, -0.05) is 42.5 Å². The Morgan fingerprint density at radius 1 is 1.03 bits per heavy atom. The number of nitrogens with zero attached hydrogens (tertiary/aromatic N) is 1. The molecule has 3 aromatic carbocycles. The molecule has 5 heteroatoms. The second-order valence-corrected chi connectivity index (χ2v) is 7.90. The van der Waals surface area contributed by atoms with E-state index in [0.29, 0.717) is 19.4 Å². The third-order valence-electron chi connectivity index (χ3n) is 4.62. The number of aryl methyl sites for hydroxylation is 1. The second kappa shape index (κ2) is 8.88. The molecule has 0 saturated carbocycles. The number of hydrogen-bond acceptors (Lipinski definition) is 4. The van der Waals surface area contributed by atoms with Gasteiger partial charge in [0, 0.05) is 23.1 Å². The van der Waals surface area contributed by atoms with E-state index >= 15 is 0 Å². The van der Waals surface area contributed by atoms with Crippen LogP contribution in [0.5, 0.6) is 5.75 Å². The number of fused-ring (bicyclic) bond motifs is 1. The lowest BCUT2D eigenvalue weighted by Crippen LogP contribution is -2.12. The van der Waals surface area contributed by atoms with Crippen molar-refractivity contribution in [1.29, 1.82) is 0 Å². The summed E-state index contributed by atoms with van der Waals surface area (Å²) < 4.78 is 5.80. The third-order valence-corrected chi connectivity index (χ3v) is 5.39. The number of carbonyl (C=O) groups excluding carboxylic acids is 1. The standard InChI is InChI=1S/C24H22N2O2S/c1-17-25-23(16-29-17)19-8-11-21(12-9-19)26-24(27)7-4-14-28-22-13-10-18-5-2-3-6-20(18)15-22/h2-3,5-6,8-13,15-16H,4,7,14H2,1H3,(H,26,27). The molecule has 0 spiro atoms. The summed E-state index contributed by atoms with van der Waals surface area (Å²) in [6.45, 7) is 2.50. The van der Waals surface area contributed by atoms with E-state index < -0.39 is 0 Å². The summed E-state index contributed by atoms with van der Waals surface area (Å²) in [7, 11) is 0. The van der Waals surface area contributed by atoms with Crippen molar-refractivity contribution in [2.75, 3.05) is 11.9 Å². The van der Waals surface area contributed by atoms with Gasteiger partial charge in [-0.2, -0.15) is 0 Å². The third kappa shape index (κ3) is 5.00. The van der Waals surface area contributed by atoms with Gasteiger partial charge in [-0.25, -0.2) is 4.98 Å². The number of carbonyl (C=O) groups is 1. The smallest absolute Gasteiger partial charge is 0.224 e. The highest BCUT2D eigenvalue weighted by molar-refractivity contribution is 7.09. The molecule has 0 aliphatic carbocycles. The molecule has 0 aliphatic heterocycles. The normalized spacial score (nSPS) is 10.8. The molecule has 146 valence electrons. The quantitative estimate of drug-likeness (QED) is 0.382. The molecule has 0 fully saturated rings. The van der Waals surface area contributed by atoms with E-state index in [0.717, 1.165) is 33.1 Å². The van der Waals surface area contributed by atoms with E-state index in [4.69, 9.17) is 4.74 Å². The molecule has 29 heavy (non-hydrogen) atoms. The highest BCUT2D eigenvalue weighted by Crippen LogP contribution is 2.23. The zero-order valence-electron chi connectivity index (χ0n) is 16.2. The monoisotopic (exact) mass is 402 g/mol. The van der Waals surface area contributed by atoms with Crippen LogP contribution in [0.15, 0.2) is 72.1 Å². The molecule has 0 saturated heterocycles. The molecule has 1 heterocycles. The molecule has 4 aromatic rings. The Kier molecular flexibility index (Phi) is 5.86. The fourth-order valence-electron chi connectivity index (χ4n) is 3.12. The van der Waals surface area contributed by atoms with Gasteiger partial charge in [0.15, 0.2) is 0 Å². The van der Waals surface area contributed by atoms with Gasteiger partial charge in [-0.3, -0.25) is 4.79 Å². The van der Waals surface area contributed by atoms with Crippen molar-refractivity contribution in [3.8, 4) is 17.0 Å². The molecule has 4 nitrogen and oxygen atoms in total. The predicted octanol–water partition coefficient (Wildman–Crippen LogP) is 6.07. The Labute approximate surface area is 174 Å². The first-order valence-corrected chi connectivity index (χ1v) is 10.5. The van der Waals surface area contributed by atoms with Crippen molar-refractivity contribution >= 4 is 33.7 Å². The van der Waals surface area contributed by atoms with Gasteiger partial charge in [-0.15, -0.1) is 11.3 Å². The molecule has 1 aromatic heterocycles. The van der Waals surface area contributed by atoms with Crippen LogP contribution >= 0.6 is 11.3 Å². The first-order chi connectivity index (χ1) is 14.2. The second-order valence-electron chi connectivity index (χ2n) is 6.84. The molecule has 0 radical (unpaired) electrons. The van der Waals surface area contributed by atoms with E-state index in [1.807, 2.05) is 66.9 Å². The highest BCUT2D eigenvalue weighted by atomic mass is 32.1. The molecule has 0 aliphatic rings. The van der Waals surface area contributed by atoms with Gasteiger partial charge in [0.1, 0.15) is 5.75 Å². The topological polar surface area (TPSA) is 51.2 Å². The average molecular weight is 403 g/mol. The fraction of sp³-hybridized carbons (Fsp3) is 0.167. The maximum Gasteiger partial charge on any atom is 0.224 e. The Morgan fingerprint density at radius 2 is 1.83 bits per heavy atom. The lowest BCUT2D eigenvalue weighted by Gasteiger charge is -2.08. The molecule has 0 atom stereocenters. The van der Waals surface area contributed by atoms with Crippen LogP contribution < -0.4 is 10.1 Å². The molecule has 1 N–H and O–H groups in total. The van der Waals surface area contributed by atoms with Crippen LogP contribution in [0.3, 0.4) is 0 Å². The molecule has 0 unspecified atom stereocenters. The van der Waals surface area contributed by atoms with Crippen LogP contribution in [0.4, 0.5) is 5.69 Å². The molecular formula is C24H22N2O2S. The number of hydrogen-bond donors (Lipinski definition) is 1. The van der Waals surface area contributed by atoms with Crippen LogP contribution in [-0.2, 0) is 4.79 Å². The van der Waals surface area contributed by atoms with E-state index in [2.05, 4.69) is 22.4 Å². The minimum Gasteiger partial charge on any atom is -0.494 e. The van der Waals surface area contributed by atoms with Crippen LogP contribution in [0.25, 0.3) is 22.0 Å². The number of ether oxygens (including phenoxy) is 1. The van der Waals surface area contributed by atoms with Crippen molar-refractivity contribution in [3.63, 3.8) is 0 Å². The Morgan fingerprint density at radius 3 is 2.59 bits per heavy atom. The van der Waals surface area contributed by atoms with E-state index in [-0.39, 0.29) is 5.91 Å². The zero-order chi connectivity index (χ0) is 20.1. The van der Waals surface area contributed by atoms with Gasteiger partial charge in [0.05, 0.1) is 17.3 Å². The van der Waals surface area contributed by atoms with Crippen molar-refractivity contribution in [2.24, 2.45) is 0 Å². The van der Waals surface area contributed by atoms with Gasteiger partial charge in [-0.05, 0) is 48.4 Å². The summed E-state index contributed by atoms with van der Waals surface area (Å²) in [6.07, 6.45) is 1.08. The highest BCUT2D eigenvalue weighted by Gasteiger charge is 2.05. The summed E-state index contributed by atoms with van der Waals surface area (Å²) in [5.74, 6) is 0.821. The van der Waals surface area contributed by atoms with E-state index in [9.17, 15) is 4.79 Å². The minimum atomic E-state index is -0.00985. The fourth-order valence-corrected chi connectivity index (χ4v) is 3.75. The zero-order valence-corrected chi connectivity index (χ0v) is 17.0. The molecular weight excluding hydrogens is 380 g/mol. The first kappa shape index (κ1) is 19.2. The van der Waals surface area contributed by atoms with Crippen LogP contribution in [0, 0.1) is 6.92 Å². The predicted molar refractivity (Wildman–Crippen MR) is 120 cm³/mol. The average Bonchev–Trinajstić information content (AvgIpc) is 3.18. The summed E-state index contributed by atoms with van der Waals surface area (Å²) in [5.41, 5.74) is 2.81. The van der Waals surface area contributed by atoms with Crippen molar-refractivity contribution in [2.45, 2.75) is 19.8 Å². The number of aromatic nitrogens is 1. The number of thiazole rings is 1. The van der Waals surface area contributed by atoms with Crippen LogP contribution in [0.1, 0.15) is 17.8 Å². The molecule has 1 amide bonds. The number of benzene rings is 3. The summed E-state index contributed by atoms with van der Waals surface area (Å²) in [5, 5.41) is 8.36. The first-order valence-electron chi connectivity index (χ1n) is 9.61. The maximum atomic E-state index is 12.2.